The van der Waals surface area contributed by atoms with Crippen molar-refractivity contribution in [1.82, 2.24) is 0 Å². The molecule has 0 aliphatic heterocycles. The summed E-state index contributed by atoms with van der Waals surface area (Å²) in [7, 11) is 0. The lowest BCUT2D eigenvalue weighted by Crippen LogP contribution is -3.00. The molecule has 0 bridgehead atoms. The largest absolute Gasteiger partial charge is 1.00 e. The Hall–Kier alpha value is -0.0500. The van der Waals surface area contributed by atoms with Crippen LogP contribution in [0.1, 0.15) is 18.9 Å². The topological polar surface area (TPSA) is 16.6 Å². The summed E-state index contributed by atoms with van der Waals surface area (Å²) in [6, 6.07) is 8.48. The van der Waals surface area contributed by atoms with E-state index in [9.17, 15) is 0 Å². The zero-order valence-corrected chi connectivity index (χ0v) is 10.1. The van der Waals surface area contributed by atoms with Crippen LogP contribution in [0, 0.1) is 0 Å². The Kier molecular flexibility index (Phi) is 7.33. The molecule has 0 saturated heterocycles. The van der Waals surface area contributed by atoms with E-state index in [4.69, 9.17) is 0 Å². The number of halogens is 2. The second kappa shape index (κ2) is 7.36. The predicted molar refractivity (Wildman–Crippen MR) is 54.9 cm³/mol. The molecule has 2 N–H and O–H groups in total. The Morgan fingerprint density at radius 3 is 2.77 bits per heavy atom. The molecule has 0 spiro atoms. The molecule has 0 aromatic heterocycles. The quantitative estimate of drug-likeness (QED) is 0.667. The first kappa shape index (κ1) is 12.9. The third kappa shape index (κ3) is 5.29. The average Bonchev–Trinajstić information content (AvgIpc) is 2.05. The molecule has 1 rings (SSSR count). The van der Waals surface area contributed by atoms with Crippen molar-refractivity contribution >= 4 is 15.9 Å². The molecule has 1 aromatic carbocycles. The van der Waals surface area contributed by atoms with Crippen LogP contribution < -0.4 is 17.7 Å². The van der Waals surface area contributed by atoms with E-state index >= 15 is 0 Å². The van der Waals surface area contributed by atoms with Gasteiger partial charge in [-0.05, 0) is 18.6 Å². The minimum Gasteiger partial charge on any atom is -1.00 e. The zero-order valence-electron chi connectivity index (χ0n) is 7.76. The summed E-state index contributed by atoms with van der Waals surface area (Å²) in [6.07, 6.45) is 1.24. The van der Waals surface area contributed by atoms with E-state index in [2.05, 4.69) is 52.4 Å². The van der Waals surface area contributed by atoms with Crippen LogP contribution in [-0.4, -0.2) is 6.54 Å². The minimum atomic E-state index is 0. The van der Waals surface area contributed by atoms with E-state index in [1.807, 2.05) is 0 Å². The Bertz CT molecular complexity index is 240. The van der Waals surface area contributed by atoms with E-state index in [-0.39, 0.29) is 12.4 Å². The van der Waals surface area contributed by atoms with Crippen molar-refractivity contribution in [2.24, 2.45) is 0 Å². The van der Waals surface area contributed by atoms with Crippen LogP contribution in [0.4, 0.5) is 0 Å². The molecule has 0 fully saturated rings. The number of benzene rings is 1. The van der Waals surface area contributed by atoms with Crippen molar-refractivity contribution in [2.75, 3.05) is 6.54 Å². The van der Waals surface area contributed by atoms with Gasteiger partial charge in [0.1, 0.15) is 6.54 Å². The Morgan fingerprint density at radius 2 is 2.15 bits per heavy atom. The third-order valence-electron chi connectivity index (χ3n) is 1.76. The molecule has 0 heterocycles. The summed E-state index contributed by atoms with van der Waals surface area (Å²) in [6.45, 7) is 4.51. The monoisotopic (exact) mass is 263 g/mol. The van der Waals surface area contributed by atoms with Gasteiger partial charge in [-0.25, -0.2) is 0 Å². The van der Waals surface area contributed by atoms with Crippen LogP contribution in [-0.2, 0) is 6.54 Å². The highest BCUT2D eigenvalue weighted by atomic mass is 79.9. The standard InChI is InChI=1S/C10H14BrN.ClH/c1-2-6-12-8-9-4-3-5-10(11)7-9;/h3-5,7,12H,2,6,8H2,1H3;1H. The number of quaternary nitrogens is 1. The highest BCUT2D eigenvalue weighted by Crippen LogP contribution is 2.10. The van der Waals surface area contributed by atoms with Gasteiger partial charge in [0.25, 0.3) is 0 Å². The first-order chi connectivity index (χ1) is 5.83. The fourth-order valence-electron chi connectivity index (χ4n) is 1.14. The molecule has 0 aliphatic rings. The molecule has 0 aliphatic carbocycles. The molecule has 3 heteroatoms. The molecule has 1 aromatic rings. The smallest absolute Gasteiger partial charge is 0.101 e. The number of hydrogen-bond donors (Lipinski definition) is 1. The molecular formula is C10H15BrClN. The summed E-state index contributed by atoms with van der Waals surface area (Å²) in [5.74, 6) is 0. The van der Waals surface area contributed by atoms with E-state index < -0.39 is 0 Å². The summed E-state index contributed by atoms with van der Waals surface area (Å²) in [4.78, 5) is 0. The van der Waals surface area contributed by atoms with Crippen molar-refractivity contribution < 1.29 is 17.7 Å². The lowest BCUT2D eigenvalue weighted by molar-refractivity contribution is -0.670. The first-order valence-electron chi connectivity index (χ1n) is 4.39. The van der Waals surface area contributed by atoms with Crippen LogP contribution in [0.15, 0.2) is 28.7 Å². The number of nitrogens with two attached hydrogens (primary N) is 1. The summed E-state index contributed by atoms with van der Waals surface area (Å²) >= 11 is 3.46. The Labute approximate surface area is 94.5 Å². The molecule has 0 amide bonds. The zero-order chi connectivity index (χ0) is 8.81. The molecular weight excluding hydrogens is 249 g/mol. The maximum atomic E-state index is 3.46. The molecule has 0 radical (unpaired) electrons. The second-order valence-corrected chi connectivity index (χ2v) is 3.83. The number of hydrogen-bond acceptors (Lipinski definition) is 0. The normalized spacial score (nSPS) is 9.38. The molecule has 74 valence electrons. The van der Waals surface area contributed by atoms with Crippen LogP contribution in [0.3, 0.4) is 0 Å². The van der Waals surface area contributed by atoms with Gasteiger partial charge in [-0.1, -0.05) is 35.0 Å². The van der Waals surface area contributed by atoms with E-state index in [0.717, 1.165) is 6.54 Å². The van der Waals surface area contributed by atoms with Gasteiger partial charge in [-0.15, -0.1) is 0 Å². The maximum absolute atomic E-state index is 3.46. The number of rotatable bonds is 4. The van der Waals surface area contributed by atoms with Gasteiger partial charge in [0.05, 0.1) is 6.54 Å². The van der Waals surface area contributed by atoms with Gasteiger partial charge in [0, 0.05) is 10.0 Å². The lowest BCUT2D eigenvalue weighted by Gasteiger charge is -2.00. The highest BCUT2D eigenvalue weighted by Gasteiger charge is 1.94. The molecule has 0 unspecified atom stereocenters. The van der Waals surface area contributed by atoms with Crippen LogP contribution in [0.5, 0.6) is 0 Å². The summed E-state index contributed by atoms with van der Waals surface area (Å²) in [5.41, 5.74) is 1.39. The van der Waals surface area contributed by atoms with E-state index in [0.29, 0.717) is 0 Å². The Balaban J connectivity index is 0.00000144. The summed E-state index contributed by atoms with van der Waals surface area (Å²) in [5, 5.41) is 2.34. The SMILES string of the molecule is CCC[NH2+]Cc1cccc(Br)c1.[Cl-]. The lowest BCUT2D eigenvalue weighted by atomic mass is 10.2. The second-order valence-electron chi connectivity index (χ2n) is 2.91. The van der Waals surface area contributed by atoms with Crippen molar-refractivity contribution in [3.05, 3.63) is 34.3 Å². The molecule has 13 heavy (non-hydrogen) atoms. The van der Waals surface area contributed by atoms with E-state index in [1.165, 1.54) is 23.0 Å². The third-order valence-corrected chi connectivity index (χ3v) is 2.26. The summed E-state index contributed by atoms with van der Waals surface area (Å²) < 4.78 is 1.17. The van der Waals surface area contributed by atoms with Gasteiger partial charge in [0.15, 0.2) is 0 Å². The Morgan fingerprint density at radius 1 is 1.38 bits per heavy atom. The van der Waals surface area contributed by atoms with Crippen molar-refractivity contribution in [1.29, 1.82) is 0 Å². The molecule has 0 saturated carbocycles. The average molecular weight is 265 g/mol. The maximum Gasteiger partial charge on any atom is 0.101 e. The van der Waals surface area contributed by atoms with Gasteiger partial charge in [-0.3, -0.25) is 0 Å². The van der Waals surface area contributed by atoms with Crippen LogP contribution >= 0.6 is 15.9 Å². The fourth-order valence-corrected chi connectivity index (χ4v) is 1.58. The fraction of sp³-hybridized carbons (Fsp3) is 0.400. The van der Waals surface area contributed by atoms with Crippen molar-refractivity contribution in [3.63, 3.8) is 0 Å². The first-order valence-corrected chi connectivity index (χ1v) is 5.18. The van der Waals surface area contributed by atoms with Gasteiger partial charge in [0.2, 0.25) is 0 Å². The minimum absolute atomic E-state index is 0. The molecule has 1 nitrogen and oxygen atoms in total. The van der Waals surface area contributed by atoms with Crippen molar-refractivity contribution in [3.8, 4) is 0 Å². The van der Waals surface area contributed by atoms with Gasteiger partial charge >= 0.3 is 0 Å². The van der Waals surface area contributed by atoms with Gasteiger partial charge < -0.3 is 17.7 Å². The highest BCUT2D eigenvalue weighted by molar-refractivity contribution is 9.10. The molecule has 0 atom stereocenters. The van der Waals surface area contributed by atoms with E-state index in [1.54, 1.807) is 0 Å². The van der Waals surface area contributed by atoms with Crippen LogP contribution in [0.25, 0.3) is 0 Å². The predicted octanol–water partition coefficient (Wildman–Crippen LogP) is -1.07. The van der Waals surface area contributed by atoms with Gasteiger partial charge in [-0.2, -0.15) is 0 Å². The van der Waals surface area contributed by atoms with Crippen molar-refractivity contribution in [2.45, 2.75) is 19.9 Å². The van der Waals surface area contributed by atoms with Crippen LogP contribution in [0.2, 0.25) is 0 Å².